The van der Waals surface area contributed by atoms with Crippen LogP contribution in [0.4, 0.5) is 0 Å². The van der Waals surface area contributed by atoms with Gasteiger partial charge < -0.3 is 10.6 Å². The van der Waals surface area contributed by atoms with Crippen LogP contribution in [0, 0.1) is 5.92 Å². The Morgan fingerprint density at radius 3 is 2.22 bits per heavy atom. The second kappa shape index (κ2) is 10.8. The lowest BCUT2D eigenvalue weighted by Crippen LogP contribution is -2.28. The zero-order valence-electron chi connectivity index (χ0n) is 12.5. The number of nitrogens with zero attached hydrogens (tertiary/aromatic N) is 1. The van der Waals surface area contributed by atoms with Crippen LogP contribution in [0.2, 0.25) is 0 Å². The monoisotopic (exact) mass is 254 g/mol. The first-order valence-corrected chi connectivity index (χ1v) is 8.29. The molecule has 0 spiro atoms. The van der Waals surface area contributed by atoms with Crippen molar-refractivity contribution in [2.75, 3.05) is 26.2 Å². The van der Waals surface area contributed by atoms with E-state index in [2.05, 4.69) is 11.8 Å². The van der Waals surface area contributed by atoms with Gasteiger partial charge in [-0.3, -0.25) is 0 Å². The minimum absolute atomic E-state index is 0.869. The van der Waals surface area contributed by atoms with E-state index in [4.69, 9.17) is 5.73 Å². The topological polar surface area (TPSA) is 29.3 Å². The Hall–Kier alpha value is -0.0800. The van der Waals surface area contributed by atoms with Gasteiger partial charge in [-0.05, 0) is 64.2 Å². The van der Waals surface area contributed by atoms with Crippen LogP contribution in [0.1, 0.15) is 71.1 Å². The quantitative estimate of drug-likeness (QED) is 0.714. The Balaban J connectivity index is 2.13. The third-order valence-corrected chi connectivity index (χ3v) is 4.31. The van der Waals surface area contributed by atoms with E-state index in [1.807, 2.05) is 0 Å². The van der Waals surface area contributed by atoms with Crippen molar-refractivity contribution in [1.29, 1.82) is 0 Å². The predicted molar refractivity (Wildman–Crippen MR) is 80.8 cm³/mol. The molecule has 1 fully saturated rings. The molecule has 1 unspecified atom stereocenters. The van der Waals surface area contributed by atoms with Crippen molar-refractivity contribution in [3.63, 3.8) is 0 Å². The molecule has 0 aromatic carbocycles. The van der Waals surface area contributed by atoms with Gasteiger partial charge in [0.2, 0.25) is 0 Å². The summed E-state index contributed by atoms with van der Waals surface area (Å²) in [5.41, 5.74) is 5.70. The lowest BCUT2D eigenvalue weighted by molar-refractivity contribution is 0.235. The van der Waals surface area contributed by atoms with Gasteiger partial charge in [0.15, 0.2) is 0 Å². The first-order chi connectivity index (χ1) is 8.86. The molecule has 0 radical (unpaired) electrons. The molecule has 2 nitrogen and oxygen atoms in total. The fourth-order valence-corrected chi connectivity index (χ4v) is 3.22. The van der Waals surface area contributed by atoms with E-state index in [1.54, 1.807) is 0 Å². The zero-order chi connectivity index (χ0) is 13.1. The lowest BCUT2D eigenvalue weighted by Gasteiger charge is -2.25. The maximum Gasteiger partial charge on any atom is -0.00186 e. The fourth-order valence-electron chi connectivity index (χ4n) is 3.22. The van der Waals surface area contributed by atoms with Crippen molar-refractivity contribution in [1.82, 2.24) is 4.90 Å². The Kier molecular flexibility index (Phi) is 9.59. The molecule has 1 saturated heterocycles. The van der Waals surface area contributed by atoms with Crippen LogP contribution in [0.25, 0.3) is 0 Å². The highest BCUT2D eigenvalue weighted by Crippen LogP contribution is 2.18. The molecule has 1 aliphatic rings. The first kappa shape index (κ1) is 16.0. The minimum Gasteiger partial charge on any atom is -0.330 e. The maximum atomic E-state index is 5.70. The summed E-state index contributed by atoms with van der Waals surface area (Å²) in [5, 5.41) is 0. The molecule has 1 aliphatic heterocycles. The van der Waals surface area contributed by atoms with E-state index in [0.717, 1.165) is 12.5 Å². The summed E-state index contributed by atoms with van der Waals surface area (Å²) in [7, 11) is 0. The van der Waals surface area contributed by atoms with Gasteiger partial charge >= 0.3 is 0 Å². The SMILES string of the molecule is CCCC(CCN)CCCN1CCCCCCC1. The Morgan fingerprint density at radius 1 is 0.944 bits per heavy atom. The first-order valence-electron chi connectivity index (χ1n) is 8.29. The number of rotatable bonds is 8. The highest BCUT2D eigenvalue weighted by Gasteiger charge is 2.10. The molecular formula is C16H34N2. The van der Waals surface area contributed by atoms with E-state index in [1.165, 1.54) is 83.8 Å². The van der Waals surface area contributed by atoms with Crippen molar-refractivity contribution in [3.8, 4) is 0 Å². The Morgan fingerprint density at radius 2 is 1.61 bits per heavy atom. The van der Waals surface area contributed by atoms with Gasteiger partial charge in [0.25, 0.3) is 0 Å². The van der Waals surface area contributed by atoms with Crippen LogP contribution in [-0.4, -0.2) is 31.1 Å². The van der Waals surface area contributed by atoms with Gasteiger partial charge in [-0.15, -0.1) is 0 Å². The van der Waals surface area contributed by atoms with E-state index < -0.39 is 0 Å². The number of hydrogen-bond acceptors (Lipinski definition) is 2. The molecule has 0 bridgehead atoms. The summed E-state index contributed by atoms with van der Waals surface area (Å²) in [4.78, 5) is 2.70. The van der Waals surface area contributed by atoms with Gasteiger partial charge in [-0.25, -0.2) is 0 Å². The van der Waals surface area contributed by atoms with Gasteiger partial charge in [0, 0.05) is 0 Å². The molecule has 2 N–H and O–H groups in total. The second-order valence-electron chi connectivity index (χ2n) is 5.98. The molecule has 0 amide bonds. The molecule has 0 aromatic rings. The molecular weight excluding hydrogens is 220 g/mol. The number of hydrogen-bond donors (Lipinski definition) is 1. The largest absolute Gasteiger partial charge is 0.330 e. The van der Waals surface area contributed by atoms with Crippen molar-refractivity contribution in [2.45, 2.75) is 71.1 Å². The van der Waals surface area contributed by atoms with E-state index in [9.17, 15) is 0 Å². The molecule has 0 saturated carbocycles. The van der Waals surface area contributed by atoms with Crippen molar-refractivity contribution < 1.29 is 0 Å². The predicted octanol–water partition coefficient (Wildman–Crippen LogP) is 3.80. The van der Waals surface area contributed by atoms with Crippen molar-refractivity contribution in [2.24, 2.45) is 11.7 Å². The molecule has 1 rings (SSSR count). The van der Waals surface area contributed by atoms with Crippen LogP contribution in [0.5, 0.6) is 0 Å². The van der Waals surface area contributed by atoms with Crippen LogP contribution >= 0.6 is 0 Å². The summed E-state index contributed by atoms with van der Waals surface area (Å²) in [6.07, 6.45) is 13.9. The summed E-state index contributed by atoms with van der Waals surface area (Å²) < 4.78 is 0. The molecule has 1 heterocycles. The molecule has 0 aliphatic carbocycles. The van der Waals surface area contributed by atoms with Crippen molar-refractivity contribution in [3.05, 3.63) is 0 Å². The highest BCUT2D eigenvalue weighted by atomic mass is 15.1. The average Bonchev–Trinajstić information content (AvgIpc) is 2.32. The summed E-state index contributed by atoms with van der Waals surface area (Å²) in [6.45, 7) is 7.17. The second-order valence-corrected chi connectivity index (χ2v) is 5.98. The van der Waals surface area contributed by atoms with Gasteiger partial charge in [-0.2, -0.15) is 0 Å². The standard InChI is InChI=1S/C16H34N2/c1-2-9-16(11-12-17)10-8-15-18-13-6-4-3-5-7-14-18/h16H,2-15,17H2,1H3. The molecule has 2 heteroatoms. The van der Waals surface area contributed by atoms with Crippen LogP contribution in [0.3, 0.4) is 0 Å². The molecule has 1 atom stereocenters. The van der Waals surface area contributed by atoms with Gasteiger partial charge in [0.1, 0.15) is 0 Å². The zero-order valence-corrected chi connectivity index (χ0v) is 12.5. The smallest absolute Gasteiger partial charge is 0.00186 e. The lowest BCUT2D eigenvalue weighted by atomic mass is 9.94. The van der Waals surface area contributed by atoms with E-state index >= 15 is 0 Å². The normalized spacial score (nSPS) is 20.3. The maximum absolute atomic E-state index is 5.70. The van der Waals surface area contributed by atoms with Crippen LogP contribution in [0.15, 0.2) is 0 Å². The van der Waals surface area contributed by atoms with Gasteiger partial charge in [0.05, 0.1) is 0 Å². The summed E-state index contributed by atoms with van der Waals surface area (Å²) in [6, 6.07) is 0. The fraction of sp³-hybridized carbons (Fsp3) is 1.00. The molecule has 108 valence electrons. The third-order valence-electron chi connectivity index (χ3n) is 4.31. The van der Waals surface area contributed by atoms with Crippen molar-refractivity contribution >= 4 is 0 Å². The summed E-state index contributed by atoms with van der Waals surface area (Å²) >= 11 is 0. The number of nitrogens with two attached hydrogens (primary N) is 1. The summed E-state index contributed by atoms with van der Waals surface area (Å²) in [5.74, 6) is 0.884. The highest BCUT2D eigenvalue weighted by molar-refractivity contribution is 4.65. The minimum atomic E-state index is 0.869. The van der Waals surface area contributed by atoms with E-state index in [-0.39, 0.29) is 0 Å². The average molecular weight is 254 g/mol. The Labute approximate surface area is 114 Å². The molecule has 18 heavy (non-hydrogen) atoms. The third kappa shape index (κ3) is 7.38. The van der Waals surface area contributed by atoms with Crippen LogP contribution < -0.4 is 5.73 Å². The van der Waals surface area contributed by atoms with E-state index in [0.29, 0.717) is 0 Å². The van der Waals surface area contributed by atoms with Crippen LogP contribution in [-0.2, 0) is 0 Å². The number of likely N-dealkylation sites (tertiary alicyclic amines) is 1. The Bertz CT molecular complexity index is 168. The molecule has 0 aromatic heterocycles. The van der Waals surface area contributed by atoms with Gasteiger partial charge in [-0.1, -0.05) is 39.0 Å².